The summed E-state index contributed by atoms with van der Waals surface area (Å²) < 4.78 is 1.89. The zero-order chi connectivity index (χ0) is 14.5. The molecule has 0 saturated heterocycles. The summed E-state index contributed by atoms with van der Waals surface area (Å²) in [6.45, 7) is 2.81. The van der Waals surface area contributed by atoms with Crippen LogP contribution in [0.15, 0.2) is 67.0 Å². The fourth-order valence-electron chi connectivity index (χ4n) is 2.25. The lowest BCUT2D eigenvalue weighted by atomic mass is 10.1. The van der Waals surface area contributed by atoms with Crippen molar-refractivity contribution in [2.45, 2.75) is 13.5 Å². The molecule has 0 amide bonds. The molecule has 0 aliphatic heterocycles. The van der Waals surface area contributed by atoms with Gasteiger partial charge in [-0.15, -0.1) is 0 Å². The van der Waals surface area contributed by atoms with E-state index in [2.05, 4.69) is 41.1 Å². The third kappa shape index (κ3) is 3.30. The molecule has 0 aliphatic rings. The predicted octanol–water partition coefficient (Wildman–Crippen LogP) is 3.30. The quantitative estimate of drug-likeness (QED) is 0.704. The Labute approximate surface area is 124 Å². The Bertz CT molecular complexity index is 690. The third-order valence-electron chi connectivity index (χ3n) is 3.27. The Hall–Kier alpha value is -2.59. The lowest BCUT2D eigenvalue weighted by Gasteiger charge is -2.13. The third-order valence-corrected chi connectivity index (χ3v) is 3.27. The summed E-state index contributed by atoms with van der Waals surface area (Å²) in [5, 5.41) is 4.31. The Morgan fingerprint density at radius 2 is 1.90 bits per heavy atom. The summed E-state index contributed by atoms with van der Waals surface area (Å²) in [5.74, 6) is 0. The number of nitrogens with one attached hydrogen (secondary N) is 2. The maximum atomic E-state index is 4.31. The minimum Gasteiger partial charge on any atom is -0.321 e. The van der Waals surface area contributed by atoms with Crippen molar-refractivity contribution >= 4 is 5.69 Å². The molecule has 1 aromatic heterocycles. The molecule has 2 N–H and O–H groups in total. The van der Waals surface area contributed by atoms with Crippen LogP contribution in [0.25, 0.3) is 5.69 Å². The van der Waals surface area contributed by atoms with Gasteiger partial charge in [0, 0.05) is 24.6 Å². The van der Waals surface area contributed by atoms with Gasteiger partial charge in [-0.1, -0.05) is 35.9 Å². The van der Waals surface area contributed by atoms with Gasteiger partial charge in [0.25, 0.3) is 0 Å². The predicted molar refractivity (Wildman–Crippen MR) is 85.2 cm³/mol. The second-order valence-corrected chi connectivity index (χ2v) is 4.93. The van der Waals surface area contributed by atoms with E-state index in [4.69, 9.17) is 0 Å². The van der Waals surface area contributed by atoms with Gasteiger partial charge in [-0.25, -0.2) is 10.1 Å². The van der Waals surface area contributed by atoms with Crippen molar-refractivity contribution in [1.29, 1.82) is 0 Å². The molecule has 4 heteroatoms. The van der Waals surface area contributed by atoms with Crippen molar-refractivity contribution in [2.24, 2.45) is 0 Å². The first kappa shape index (κ1) is 13.4. The average Bonchev–Trinajstić information content (AvgIpc) is 3.03. The number of aryl methyl sites for hydroxylation is 1. The van der Waals surface area contributed by atoms with Crippen LogP contribution in [0.5, 0.6) is 0 Å². The molecule has 0 atom stereocenters. The molecule has 3 aromatic rings. The van der Waals surface area contributed by atoms with Crippen molar-refractivity contribution < 1.29 is 0 Å². The Kier molecular flexibility index (Phi) is 3.98. The van der Waals surface area contributed by atoms with E-state index in [0.717, 1.165) is 11.4 Å². The maximum absolute atomic E-state index is 4.31. The molecule has 0 saturated carbocycles. The van der Waals surface area contributed by atoms with E-state index in [1.165, 1.54) is 11.1 Å². The summed E-state index contributed by atoms with van der Waals surface area (Å²) in [6, 6.07) is 18.4. The normalized spacial score (nSPS) is 10.5. The maximum Gasteiger partial charge on any atom is 0.0691 e. The van der Waals surface area contributed by atoms with Crippen LogP contribution in [-0.2, 0) is 6.54 Å². The molecule has 0 bridgehead atoms. The van der Waals surface area contributed by atoms with Gasteiger partial charge in [0.2, 0.25) is 0 Å². The largest absolute Gasteiger partial charge is 0.321 e. The highest BCUT2D eigenvalue weighted by atomic mass is 15.4. The van der Waals surface area contributed by atoms with Crippen LogP contribution in [0, 0.1) is 6.92 Å². The van der Waals surface area contributed by atoms with Crippen molar-refractivity contribution in [3.63, 3.8) is 0 Å². The van der Waals surface area contributed by atoms with Gasteiger partial charge < -0.3 is 5.43 Å². The molecule has 0 unspecified atom stereocenters. The topological polar surface area (TPSA) is 41.9 Å². The first-order valence-electron chi connectivity index (χ1n) is 6.96. The minimum atomic E-state index is 0.714. The number of hydrogen-bond donors (Lipinski definition) is 2. The van der Waals surface area contributed by atoms with Crippen LogP contribution < -0.4 is 10.9 Å². The first-order chi connectivity index (χ1) is 10.3. The van der Waals surface area contributed by atoms with Gasteiger partial charge >= 0.3 is 0 Å². The number of rotatable bonds is 5. The van der Waals surface area contributed by atoms with E-state index in [-0.39, 0.29) is 0 Å². The van der Waals surface area contributed by atoms with E-state index in [1.54, 1.807) is 6.20 Å². The van der Waals surface area contributed by atoms with Gasteiger partial charge in [0.15, 0.2) is 0 Å². The van der Waals surface area contributed by atoms with E-state index in [9.17, 15) is 0 Å². The summed E-state index contributed by atoms with van der Waals surface area (Å²) in [5.41, 5.74) is 11.0. The Morgan fingerprint density at radius 1 is 1.05 bits per heavy atom. The average molecular weight is 278 g/mol. The van der Waals surface area contributed by atoms with Crippen LogP contribution in [0.3, 0.4) is 0 Å². The number of hydrazine groups is 1. The fraction of sp³-hybridized carbons (Fsp3) is 0.118. The standard InChI is InChI=1S/C17H18N4/c1-14-8-9-17(21-11-5-10-19-21)15(12-14)13-18-20-16-6-3-2-4-7-16/h2-12,18,20H,13H2,1H3. The number of benzene rings is 2. The monoisotopic (exact) mass is 278 g/mol. The second-order valence-electron chi connectivity index (χ2n) is 4.93. The summed E-state index contributed by atoms with van der Waals surface area (Å²) >= 11 is 0. The molecular formula is C17H18N4. The van der Waals surface area contributed by atoms with Crippen molar-refractivity contribution in [3.05, 3.63) is 78.1 Å². The highest BCUT2D eigenvalue weighted by Gasteiger charge is 2.05. The molecule has 21 heavy (non-hydrogen) atoms. The SMILES string of the molecule is Cc1ccc(-n2cccn2)c(CNNc2ccccc2)c1. The number of nitrogens with zero attached hydrogens (tertiary/aromatic N) is 2. The number of hydrogen-bond acceptors (Lipinski definition) is 3. The number of para-hydroxylation sites is 1. The molecule has 2 aromatic carbocycles. The van der Waals surface area contributed by atoms with Gasteiger partial charge in [-0.05, 0) is 36.8 Å². The summed E-state index contributed by atoms with van der Waals surface area (Å²) in [6.07, 6.45) is 3.75. The molecule has 3 rings (SSSR count). The number of anilines is 1. The van der Waals surface area contributed by atoms with Crippen molar-refractivity contribution in [2.75, 3.05) is 5.43 Å². The van der Waals surface area contributed by atoms with E-state index in [0.29, 0.717) is 6.54 Å². The second kappa shape index (κ2) is 6.24. The zero-order valence-corrected chi connectivity index (χ0v) is 12.0. The minimum absolute atomic E-state index is 0.714. The molecule has 0 radical (unpaired) electrons. The zero-order valence-electron chi connectivity index (χ0n) is 12.0. The number of aromatic nitrogens is 2. The lowest BCUT2D eigenvalue weighted by molar-refractivity contribution is 0.777. The highest BCUT2D eigenvalue weighted by molar-refractivity contribution is 5.44. The van der Waals surface area contributed by atoms with Crippen LogP contribution in [0.4, 0.5) is 5.69 Å². The fourth-order valence-corrected chi connectivity index (χ4v) is 2.25. The van der Waals surface area contributed by atoms with E-state index in [1.807, 2.05) is 47.3 Å². The molecule has 0 aliphatic carbocycles. The smallest absolute Gasteiger partial charge is 0.0691 e. The lowest BCUT2D eigenvalue weighted by Crippen LogP contribution is -2.21. The Balaban J connectivity index is 1.74. The van der Waals surface area contributed by atoms with Gasteiger partial charge in [-0.2, -0.15) is 5.10 Å². The molecular weight excluding hydrogens is 260 g/mol. The molecule has 106 valence electrons. The van der Waals surface area contributed by atoms with E-state index < -0.39 is 0 Å². The molecule has 0 spiro atoms. The van der Waals surface area contributed by atoms with Crippen LogP contribution in [0.2, 0.25) is 0 Å². The van der Waals surface area contributed by atoms with Crippen LogP contribution >= 0.6 is 0 Å². The summed E-state index contributed by atoms with van der Waals surface area (Å²) in [7, 11) is 0. The molecule has 4 nitrogen and oxygen atoms in total. The molecule has 0 fully saturated rings. The highest BCUT2D eigenvalue weighted by Crippen LogP contribution is 2.16. The summed E-state index contributed by atoms with van der Waals surface area (Å²) in [4.78, 5) is 0. The van der Waals surface area contributed by atoms with Gasteiger partial charge in [0.1, 0.15) is 0 Å². The van der Waals surface area contributed by atoms with Crippen LogP contribution in [0.1, 0.15) is 11.1 Å². The van der Waals surface area contributed by atoms with Gasteiger partial charge in [0.05, 0.1) is 5.69 Å². The van der Waals surface area contributed by atoms with Crippen molar-refractivity contribution in [3.8, 4) is 5.69 Å². The Morgan fingerprint density at radius 3 is 2.67 bits per heavy atom. The van der Waals surface area contributed by atoms with Crippen LogP contribution in [-0.4, -0.2) is 9.78 Å². The van der Waals surface area contributed by atoms with Gasteiger partial charge in [-0.3, -0.25) is 0 Å². The van der Waals surface area contributed by atoms with E-state index >= 15 is 0 Å². The van der Waals surface area contributed by atoms with Crippen molar-refractivity contribution in [1.82, 2.24) is 15.2 Å². The molecule has 1 heterocycles. The first-order valence-corrected chi connectivity index (χ1v) is 6.96.